The Balaban J connectivity index is 1.79. The van der Waals surface area contributed by atoms with E-state index < -0.39 is 0 Å². The van der Waals surface area contributed by atoms with E-state index in [1.807, 2.05) is 11.3 Å². The van der Waals surface area contributed by atoms with Gasteiger partial charge in [-0.15, -0.1) is 11.3 Å². The van der Waals surface area contributed by atoms with Gasteiger partial charge >= 0.3 is 0 Å². The molecule has 1 aliphatic heterocycles. The molecular weight excluding hydrogens is 240 g/mol. The van der Waals surface area contributed by atoms with Crippen molar-refractivity contribution in [1.29, 1.82) is 0 Å². The highest BCUT2D eigenvalue weighted by Gasteiger charge is 2.10. The van der Waals surface area contributed by atoms with Gasteiger partial charge in [-0.05, 0) is 38.4 Å². The average molecular weight is 264 g/mol. The quantitative estimate of drug-likeness (QED) is 0.626. The number of nitrogens with one attached hydrogen (secondary N) is 1. The monoisotopic (exact) mass is 264 g/mol. The smallest absolute Gasteiger partial charge is 0.0331 e. The Morgan fingerprint density at radius 1 is 1.33 bits per heavy atom. The molecule has 0 spiro atoms. The molecule has 0 atom stereocenters. The van der Waals surface area contributed by atoms with Crippen LogP contribution in [0, 0.1) is 0 Å². The summed E-state index contributed by atoms with van der Waals surface area (Å²) in [6.45, 7) is 10.0. The van der Waals surface area contributed by atoms with Crippen LogP contribution >= 0.6 is 11.3 Å². The highest BCUT2D eigenvalue weighted by molar-refractivity contribution is 7.11. The minimum absolute atomic E-state index is 1.03. The average Bonchev–Trinajstić information content (AvgIpc) is 2.80. The van der Waals surface area contributed by atoms with Crippen molar-refractivity contribution in [2.24, 2.45) is 0 Å². The number of hydrogen-bond donors (Lipinski definition) is 1. The van der Waals surface area contributed by atoms with Crippen molar-refractivity contribution in [2.75, 3.05) is 19.6 Å². The second kappa shape index (κ2) is 7.07. The van der Waals surface area contributed by atoms with Gasteiger partial charge in [-0.3, -0.25) is 4.90 Å². The lowest BCUT2D eigenvalue weighted by molar-refractivity contribution is 0.288. The highest BCUT2D eigenvalue weighted by atomic mass is 32.1. The van der Waals surface area contributed by atoms with Crippen molar-refractivity contribution in [3.63, 3.8) is 0 Å². The van der Waals surface area contributed by atoms with Crippen LogP contribution in [0.5, 0.6) is 0 Å². The van der Waals surface area contributed by atoms with E-state index in [-0.39, 0.29) is 0 Å². The number of rotatable bonds is 6. The normalized spacial score (nSPS) is 16.9. The van der Waals surface area contributed by atoms with Gasteiger partial charge in [0.2, 0.25) is 0 Å². The Labute approximate surface area is 115 Å². The Hall–Kier alpha value is -0.640. The van der Waals surface area contributed by atoms with Crippen molar-refractivity contribution in [2.45, 2.75) is 39.8 Å². The molecule has 1 aromatic rings. The number of nitrogens with zero attached hydrogens (tertiary/aromatic N) is 1. The summed E-state index contributed by atoms with van der Waals surface area (Å²) >= 11 is 1.95. The van der Waals surface area contributed by atoms with Gasteiger partial charge in [0.25, 0.3) is 0 Å². The Morgan fingerprint density at radius 3 is 2.89 bits per heavy atom. The lowest BCUT2D eigenvalue weighted by Crippen LogP contribution is -2.27. The molecule has 0 amide bonds. The van der Waals surface area contributed by atoms with Gasteiger partial charge in [0.15, 0.2) is 0 Å². The van der Waals surface area contributed by atoms with Gasteiger partial charge in [-0.2, -0.15) is 0 Å². The van der Waals surface area contributed by atoms with Crippen molar-refractivity contribution >= 4 is 11.3 Å². The molecule has 0 aliphatic carbocycles. The van der Waals surface area contributed by atoms with Crippen molar-refractivity contribution in [3.05, 3.63) is 33.5 Å². The third-order valence-corrected chi connectivity index (χ3v) is 4.41. The van der Waals surface area contributed by atoms with E-state index in [9.17, 15) is 0 Å². The molecule has 2 nitrogen and oxygen atoms in total. The molecular formula is C15H24N2S. The van der Waals surface area contributed by atoms with Crippen LogP contribution in [0.1, 0.15) is 36.4 Å². The lowest BCUT2D eigenvalue weighted by Gasteiger charge is -2.24. The molecule has 0 radical (unpaired) electrons. The molecule has 0 saturated carbocycles. The van der Waals surface area contributed by atoms with Gasteiger partial charge < -0.3 is 5.32 Å². The second-order valence-electron chi connectivity index (χ2n) is 5.08. The van der Waals surface area contributed by atoms with Gasteiger partial charge in [-0.25, -0.2) is 0 Å². The summed E-state index contributed by atoms with van der Waals surface area (Å²) in [5.41, 5.74) is 1.54. The Kier molecular flexibility index (Phi) is 5.42. The molecule has 100 valence electrons. The molecule has 0 aromatic carbocycles. The van der Waals surface area contributed by atoms with Gasteiger partial charge in [0, 0.05) is 35.9 Å². The predicted octanol–water partition coefficient (Wildman–Crippen LogP) is 3.40. The molecule has 1 aliphatic rings. The molecule has 3 heteroatoms. The number of hydrogen-bond acceptors (Lipinski definition) is 3. The Morgan fingerprint density at radius 2 is 2.17 bits per heavy atom. The first-order chi connectivity index (χ1) is 8.78. The minimum atomic E-state index is 1.03. The SMILES string of the molecule is CCCNCc1ccc(CN2CC=C(C)CC2)s1. The standard InChI is InChI=1S/C15H24N2S/c1-3-8-16-11-14-4-5-15(18-14)12-17-9-6-13(2)7-10-17/h4-6,16H,3,7-12H2,1-2H3. The van der Waals surface area contributed by atoms with E-state index in [4.69, 9.17) is 0 Å². The van der Waals surface area contributed by atoms with Crippen LogP contribution < -0.4 is 5.32 Å². The largest absolute Gasteiger partial charge is 0.312 e. The fourth-order valence-electron chi connectivity index (χ4n) is 2.17. The van der Waals surface area contributed by atoms with Crippen molar-refractivity contribution < 1.29 is 0 Å². The maximum Gasteiger partial charge on any atom is 0.0331 e. The van der Waals surface area contributed by atoms with Crippen LogP contribution in [0.25, 0.3) is 0 Å². The first kappa shape index (κ1) is 13.8. The summed E-state index contributed by atoms with van der Waals surface area (Å²) in [6, 6.07) is 4.56. The molecule has 0 bridgehead atoms. The molecule has 0 saturated heterocycles. The lowest BCUT2D eigenvalue weighted by atomic mass is 10.1. The van der Waals surface area contributed by atoms with Crippen LogP contribution in [0.3, 0.4) is 0 Å². The molecule has 2 heterocycles. The summed E-state index contributed by atoms with van der Waals surface area (Å²) in [4.78, 5) is 5.49. The van der Waals surface area contributed by atoms with Crippen molar-refractivity contribution in [3.8, 4) is 0 Å². The second-order valence-corrected chi connectivity index (χ2v) is 6.33. The molecule has 1 N–H and O–H groups in total. The molecule has 0 unspecified atom stereocenters. The zero-order valence-corrected chi connectivity index (χ0v) is 12.4. The fraction of sp³-hybridized carbons (Fsp3) is 0.600. The van der Waals surface area contributed by atoms with E-state index in [1.54, 1.807) is 5.57 Å². The van der Waals surface area contributed by atoms with Crippen LogP contribution in [0.15, 0.2) is 23.8 Å². The molecule has 1 aromatic heterocycles. The van der Waals surface area contributed by atoms with Gasteiger partial charge in [0.1, 0.15) is 0 Å². The highest BCUT2D eigenvalue weighted by Crippen LogP contribution is 2.20. The molecule has 2 rings (SSSR count). The van der Waals surface area contributed by atoms with E-state index in [0.29, 0.717) is 0 Å². The Bertz CT molecular complexity index is 395. The summed E-state index contributed by atoms with van der Waals surface area (Å²) < 4.78 is 0. The summed E-state index contributed by atoms with van der Waals surface area (Å²) in [5, 5.41) is 3.46. The van der Waals surface area contributed by atoms with E-state index in [0.717, 1.165) is 26.2 Å². The fourth-order valence-corrected chi connectivity index (χ4v) is 3.20. The van der Waals surface area contributed by atoms with Gasteiger partial charge in [-0.1, -0.05) is 18.6 Å². The first-order valence-electron chi connectivity index (χ1n) is 6.94. The number of thiophene rings is 1. The first-order valence-corrected chi connectivity index (χ1v) is 7.76. The van der Waals surface area contributed by atoms with E-state index >= 15 is 0 Å². The summed E-state index contributed by atoms with van der Waals surface area (Å²) in [7, 11) is 0. The maximum atomic E-state index is 3.46. The zero-order valence-electron chi connectivity index (χ0n) is 11.5. The topological polar surface area (TPSA) is 15.3 Å². The minimum Gasteiger partial charge on any atom is -0.312 e. The van der Waals surface area contributed by atoms with E-state index in [1.165, 1.54) is 29.1 Å². The molecule has 18 heavy (non-hydrogen) atoms. The van der Waals surface area contributed by atoms with E-state index in [2.05, 4.69) is 42.3 Å². The van der Waals surface area contributed by atoms with Gasteiger partial charge in [0.05, 0.1) is 0 Å². The molecule has 0 fully saturated rings. The maximum absolute atomic E-state index is 3.46. The zero-order chi connectivity index (χ0) is 12.8. The third-order valence-electron chi connectivity index (χ3n) is 3.34. The summed E-state index contributed by atoms with van der Waals surface area (Å²) in [5.74, 6) is 0. The predicted molar refractivity (Wildman–Crippen MR) is 80.0 cm³/mol. The van der Waals surface area contributed by atoms with Crippen LogP contribution in [0.2, 0.25) is 0 Å². The van der Waals surface area contributed by atoms with Crippen molar-refractivity contribution in [1.82, 2.24) is 10.2 Å². The van der Waals surface area contributed by atoms with Crippen LogP contribution in [-0.2, 0) is 13.1 Å². The third kappa shape index (κ3) is 4.23. The summed E-state index contributed by atoms with van der Waals surface area (Å²) in [6.07, 6.45) is 4.80. The van der Waals surface area contributed by atoms with Crippen LogP contribution in [0.4, 0.5) is 0 Å². The van der Waals surface area contributed by atoms with Crippen LogP contribution in [-0.4, -0.2) is 24.5 Å².